The molecule has 1 atom stereocenters. The van der Waals surface area contributed by atoms with Gasteiger partial charge in [-0.1, -0.05) is 47.8 Å². The van der Waals surface area contributed by atoms with Crippen LogP contribution >= 0.6 is 34.8 Å². The standard InChI is InChI=1S/C30H34Cl3N3O6S/c1-6-26(30(38)34-19(2)3)35(17-23-24(32)8-7-9-25(23)33)29(37)18-36(21-12-10-20(31)11-13-21)43(39,40)22-14-15-27(41-4)28(16-22)42-5/h7-16,19,26H,6,17-18H2,1-5H3,(H,34,38)/t26-/m1/s1. The maximum Gasteiger partial charge on any atom is 0.264 e. The molecule has 9 nitrogen and oxygen atoms in total. The Hall–Kier alpha value is -3.18. The Morgan fingerprint density at radius 3 is 2.05 bits per heavy atom. The number of methoxy groups -OCH3 is 2. The van der Waals surface area contributed by atoms with Gasteiger partial charge in [0.1, 0.15) is 12.6 Å². The van der Waals surface area contributed by atoms with E-state index in [9.17, 15) is 18.0 Å². The second-order valence-electron chi connectivity index (χ2n) is 9.81. The van der Waals surface area contributed by atoms with Crippen LogP contribution in [-0.2, 0) is 26.2 Å². The first-order valence-corrected chi connectivity index (χ1v) is 15.9. The van der Waals surface area contributed by atoms with E-state index in [0.717, 1.165) is 4.31 Å². The van der Waals surface area contributed by atoms with Crippen molar-refractivity contribution in [3.63, 3.8) is 0 Å². The number of anilines is 1. The number of rotatable bonds is 13. The van der Waals surface area contributed by atoms with Crippen molar-refractivity contribution >= 4 is 62.3 Å². The highest BCUT2D eigenvalue weighted by atomic mass is 35.5. The van der Waals surface area contributed by atoms with Crippen LogP contribution in [-0.4, -0.2) is 58.0 Å². The van der Waals surface area contributed by atoms with Crippen LogP contribution in [0.25, 0.3) is 0 Å². The average molecular weight is 671 g/mol. The lowest BCUT2D eigenvalue weighted by atomic mass is 10.1. The lowest BCUT2D eigenvalue weighted by Gasteiger charge is -2.34. The zero-order valence-electron chi connectivity index (χ0n) is 24.4. The van der Waals surface area contributed by atoms with Crippen LogP contribution in [0.3, 0.4) is 0 Å². The maximum absolute atomic E-state index is 14.2. The van der Waals surface area contributed by atoms with Crippen molar-refractivity contribution in [2.75, 3.05) is 25.1 Å². The summed E-state index contributed by atoms with van der Waals surface area (Å²) in [7, 11) is -1.54. The highest BCUT2D eigenvalue weighted by molar-refractivity contribution is 7.92. The Morgan fingerprint density at radius 1 is 0.907 bits per heavy atom. The molecule has 0 aliphatic rings. The Kier molecular flexibility index (Phi) is 12.0. The highest BCUT2D eigenvalue weighted by Gasteiger charge is 2.34. The Morgan fingerprint density at radius 2 is 1.51 bits per heavy atom. The Bertz CT molecular complexity index is 1530. The molecule has 0 radical (unpaired) electrons. The van der Waals surface area contributed by atoms with Gasteiger partial charge in [0.15, 0.2) is 11.5 Å². The van der Waals surface area contributed by atoms with Crippen molar-refractivity contribution in [3.8, 4) is 11.5 Å². The highest BCUT2D eigenvalue weighted by Crippen LogP contribution is 2.33. The summed E-state index contributed by atoms with van der Waals surface area (Å²) >= 11 is 19.0. The molecule has 1 N–H and O–H groups in total. The van der Waals surface area contributed by atoms with E-state index in [1.807, 2.05) is 0 Å². The van der Waals surface area contributed by atoms with Gasteiger partial charge in [-0.2, -0.15) is 0 Å². The molecule has 13 heteroatoms. The molecule has 0 spiro atoms. The quantitative estimate of drug-likeness (QED) is 0.233. The molecule has 0 aliphatic carbocycles. The first-order valence-electron chi connectivity index (χ1n) is 13.4. The minimum absolute atomic E-state index is 0.133. The fraction of sp³-hybridized carbons (Fsp3) is 0.333. The summed E-state index contributed by atoms with van der Waals surface area (Å²) in [6.07, 6.45) is 0.246. The summed E-state index contributed by atoms with van der Waals surface area (Å²) in [6.45, 7) is 4.59. The number of ether oxygens (including phenoxy) is 2. The molecule has 232 valence electrons. The summed E-state index contributed by atoms with van der Waals surface area (Å²) in [4.78, 5) is 28.6. The van der Waals surface area contributed by atoms with E-state index in [2.05, 4.69) is 5.32 Å². The molecule has 0 saturated carbocycles. The van der Waals surface area contributed by atoms with Crippen molar-refractivity contribution < 1.29 is 27.5 Å². The first-order chi connectivity index (χ1) is 20.3. The third-order valence-electron chi connectivity index (χ3n) is 6.54. The van der Waals surface area contributed by atoms with Crippen LogP contribution in [0.15, 0.2) is 65.6 Å². The predicted octanol–water partition coefficient (Wildman–Crippen LogP) is 6.19. The van der Waals surface area contributed by atoms with Gasteiger partial charge in [0.2, 0.25) is 11.8 Å². The number of carbonyl (C=O) groups excluding carboxylic acids is 2. The number of amides is 2. The molecule has 0 unspecified atom stereocenters. The van der Waals surface area contributed by atoms with Crippen LogP contribution in [0.2, 0.25) is 15.1 Å². The smallest absolute Gasteiger partial charge is 0.264 e. The number of carbonyl (C=O) groups is 2. The van der Waals surface area contributed by atoms with E-state index in [0.29, 0.717) is 26.4 Å². The molecular weight excluding hydrogens is 637 g/mol. The molecule has 3 aromatic carbocycles. The molecule has 3 aromatic rings. The number of sulfonamides is 1. The van der Waals surface area contributed by atoms with Crippen LogP contribution in [0.4, 0.5) is 5.69 Å². The zero-order chi connectivity index (χ0) is 31.9. The van der Waals surface area contributed by atoms with Crippen molar-refractivity contribution in [1.82, 2.24) is 10.2 Å². The minimum atomic E-state index is -4.36. The lowest BCUT2D eigenvalue weighted by molar-refractivity contribution is -0.140. The number of hydrogen-bond acceptors (Lipinski definition) is 6. The molecule has 0 aromatic heterocycles. The van der Waals surface area contributed by atoms with Gasteiger partial charge in [-0.3, -0.25) is 13.9 Å². The van der Waals surface area contributed by atoms with Crippen LogP contribution in [0.1, 0.15) is 32.8 Å². The molecule has 3 rings (SSSR count). The molecule has 0 bridgehead atoms. The molecule has 0 saturated heterocycles. The number of benzene rings is 3. The van der Waals surface area contributed by atoms with Gasteiger partial charge in [0.25, 0.3) is 10.0 Å². The van der Waals surface area contributed by atoms with Gasteiger partial charge in [-0.25, -0.2) is 8.42 Å². The second kappa shape index (κ2) is 15.0. The molecule has 43 heavy (non-hydrogen) atoms. The first kappa shape index (κ1) is 34.3. The lowest BCUT2D eigenvalue weighted by Crippen LogP contribution is -2.53. The summed E-state index contributed by atoms with van der Waals surface area (Å²) in [5.41, 5.74) is 0.610. The van der Waals surface area contributed by atoms with Gasteiger partial charge >= 0.3 is 0 Å². The van der Waals surface area contributed by atoms with Crippen LogP contribution in [0, 0.1) is 0 Å². The number of nitrogens with one attached hydrogen (secondary N) is 1. The topological polar surface area (TPSA) is 105 Å². The molecule has 0 aliphatic heterocycles. The van der Waals surface area contributed by atoms with E-state index in [1.165, 1.54) is 61.6 Å². The van der Waals surface area contributed by atoms with Crippen molar-refractivity contribution in [1.29, 1.82) is 0 Å². The largest absolute Gasteiger partial charge is 0.493 e. The molecular formula is C30H34Cl3N3O6S. The van der Waals surface area contributed by atoms with E-state index in [4.69, 9.17) is 44.3 Å². The van der Waals surface area contributed by atoms with Gasteiger partial charge in [-0.15, -0.1) is 0 Å². The van der Waals surface area contributed by atoms with E-state index in [1.54, 1.807) is 39.0 Å². The third kappa shape index (κ3) is 8.26. The Labute approximate surface area is 267 Å². The average Bonchev–Trinajstić information content (AvgIpc) is 2.96. The summed E-state index contributed by atoms with van der Waals surface area (Å²) in [5.74, 6) is -0.520. The van der Waals surface area contributed by atoms with Crippen molar-refractivity contribution in [2.24, 2.45) is 0 Å². The van der Waals surface area contributed by atoms with E-state index < -0.39 is 34.4 Å². The van der Waals surface area contributed by atoms with Gasteiger partial charge < -0.3 is 19.7 Å². The number of halogens is 3. The van der Waals surface area contributed by atoms with Gasteiger partial charge in [-0.05, 0) is 68.8 Å². The summed E-state index contributed by atoms with van der Waals surface area (Å²) < 4.78 is 39.8. The second-order valence-corrected chi connectivity index (χ2v) is 12.9. The zero-order valence-corrected chi connectivity index (χ0v) is 27.5. The summed E-state index contributed by atoms with van der Waals surface area (Å²) in [5, 5.41) is 3.83. The van der Waals surface area contributed by atoms with Gasteiger partial charge in [0.05, 0.1) is 24.8 Å². The number of hydrogen-bond donors (Lipinski definition) is 1. The van der Waals surface area contributed by atoms with Crippen molar-refractivity contribution in [3.05, 3.63) is 81.3 Å². The number of nitrogens with zero attached hydrogens (tertiary/aromatic N) is 2. The molecule has 0 fully saturated rings. The Balaban J connectivity index is 2.14. The predicted molar refractivity (Wildman–Crippen MR) is 170 cm³/mol. The van der Waals surface area contributed by atoms with E-state index in [-0.39, 0.29) is 35.3 Å². The third-order valence-corrected chi connectivity index (χ3v) is 9.27. The SMILES string of the molecule is CC[C@H](C(=O)NC(C)C)N(Cc1c(Cl)cccc1Cl)C(=O)CN(c1ccc(Cl)cc1)S(=O)(=O)c1ccc(OC)c(OC)c1. The molecule has 0 heterocycles. The molecule has 2 amide bonds. The van der Waals surface area contributed by atoms with Crippen molar-refractivity contribution in [2.45, 2.75) is 50.7 Å². The summed E-state index contributed by atoms with van der Waals surface area (Å²) in [6, 6.07) is 13.9. The monoisotopic (exact) mass is 669 g/mol. The normalized spacial score (nSPS) is 12.0. The minimum Gasteiger partial charge on any atom is -0.493 e. The fourth-order valence-electron chi connectivity index (χ4n) is 4.39. The fourth-order valence-corrected chi connectivity index (χ4v) is 6.47. The maximum atomic E-state index is 14.2. The van der Waals surface area contributed by atoms with Crippen LogP contribution in [0.5, 0.6) is 11.5 Å². The van der Waals surface area contributed by atoms with Crippen LogP contribution < -0.4 is 19.1 Å². The van der Waals surface area contributed by atoms with E-state index >= 15 is 0 Å². The van der Waals surface area contributed by atoms with Gasteiger partial charge in [0, 0.05) is 39.3 Å².